The number of hydrogen-bond acceptors (Lipinski definition) is 2. The number of allylic oxidation sites excluding steroid dienone is 2. The van der Waals surface area contributed by atoms with Crippen molar-refractivity contribution in [2.45, 2.75) is 44.3 Å². The van der Waals surface area contributed by atoms with Crippen LogP contribution in [-0.2, 0) is 7.80 Å². The lowest BCUT2D eigenvalue weighted by Gasteiger charge is -2.29. The Bertz CT molecular complexity index is 323. The van der Waals surface area contributed by atoms with E-state index in [1.807, 2.05) is 23.0 Å². The van der Waals surface area contributed by atoms with Crippen molar-refractivity contribution >= 4 is 47.7 Å². The first-order chi connectivity index (χ1) is 8.40. The molecule has 0 aromatic rings. The lowest BCUT2D eigenvalue weighted by atomic mass is 9.95. The van der Waals surface area contributed by atoms with Crippen molar-refractivity contribution in [3.8, 4) is 0 Å². The van der Waals surface area contributed by atoms with Gasteiger partial charge in [-0.2, -0.15) is 0 Å². The van der Waals surface area contributed by atoms with Crippen molar-refractivity contribution in [3.63, 3.8) is 0 Å². The third-order valence-corrected chi connectivity index (χ3v) is 5.38. The number of hydrogen-bond donors (Lipinski definition) is 0. The minimum atomic E-state index is 0.205. The number of rotatable bonds is 5. The molecule has 2 atom stereocenters. The highest BCUT2D eigenvalue weighted by Crippen LogP contribution is 2.25. The molecular formula is C13H18I2O2. The van der Waals surface area contributed by atoms with Crippen LogP contribution in [0, 0.1) is 0 Å². The maximum absolute atomic E-state index is 5.98. The zero-order valence-corrected chi connectivity index (χ0v) is 14.1. The summed E-state index contributed by atoms with van der Waals surface area (Å²) in [4.78, 5) is 0. The summed E-state index contributed by atoms with van der Waals surface area (Å²) in [5.41, 5.74) is 1.40. The summed E-state index contributed by atoms with van der Waals surface area (Å²) in [6, 6.07) is 0. The van der Waals surface area contributed by atoms with Gasteiger partial charge in [0.2, 0.25) is 0 Å². The highest BCUT2D eigenvalue weighted by Gasteiger charge is 2.25. The highest BCUT2D eigenvalue weighted by atomic mass is 127. The quantitative estimate of drug-likeness (QED) is 0.571. The van der Waals surface area contributed by atoms with Gasteiger partial charge in [-0.15, -0.1) is 0 Å². The molecule has 0 aromatic heterocycles. The standard InChI is InChI=1S/C13H18I2O2/c14-17-13-4-2-1-3-12(13)16-10-7-11-5-8-15-9-6-11/h5-6,8-9,12-13H,1-4,7,10H2/t12-,13+/m1/s1. The molecule has 4 heteroatoms. The van der Waals surface area contributed by atoms with E-state index >= 15 is 0 Å². The lowest BCUT2D eigenvalue weighted by molar-refractivity contribution is -0.0315. The summed E-state index contributed by atoms with van der Waals surface area (Å²) in [5.74, 6) is 0. The fourth-order valence-corrected chi connectivity index (χ4v) is 4.34. The van der Waals surface area contributed by atoms with E-state index in [4.69, 9.17) is 7.80 Å². The fourth-order valence-electron chi connectivity index (χ4n) is 2.18. The molecule has 0 amide bonds. The van der Waals surface area contributed by atoms with Gasteiger partial charge in [0, 0.05) is 0 Å². The van der Waals surface area contributed by atoms with Gasteiger partial charge in [-0.1, -0.05) is 45.7 Å². The van der Waals surface area contributed by atoms with Gasteiger partial charge in [-0.05, 0) is 32.9 Å². The Morgan fingerprint density at radius 2 is 2.12 bits per heavy atom. The highest BCUT2D eigenvalue weighted by molar-refractivity contribution is 14.2. The minimum absolute atomic E-state index is 0.205. The summed E-state index contributed by atoms with van der Waals surface area (Å²) < 4.78 is 16.1. The maximum atomic E-state index is 5.98. The van der Waals surface area contributed by atoms with Gasteiger partial charge >= 0.3 is 0 Å². The Labute approximate surface area is 127 Å². The van der Waals surface area contributed by atoms with Crippen LogP contribution >= 0.6 is 43.7 Å². The van der Waals surface area contributed by atoms with Gasteiger partial charge in [0.05, 0.1) is 18.8 Å². The Hall–Kier alpha value is 0.730. The van der Waals surface area contributed by atoms with Gasteiger partial charge in [-0.25, -0.2) is 0 Å². The van der Waals surface area contributed by atoms with Gasteiger partial charge < -0.3 is 7.80 Å². The van der Waals surface area contributed by atoms with Crippen LogP contribution in [0.2, 0.25) is 0 Å². The van der Waals surface area contributed by atoms with Gasteiger partial charge in [0.15, 0.2) is 0 Å². The smallest absolute Gasteiger partial charge is 0.110 e. The molecule has 2 aliphatic rings. The average Bonchev–Trinajstić information content (AvgIpc) is 2.40. The van der Waals surface area contributed by atoms with E-state index in [0.29, 0.717) is 12.2 Å². The molecular weight excluding hydrogens is 442 g/mol. The third-order valence-electron chi connectivity index (χ3n) is 3.18. The van der Waals surface area contributed by atoms with Crippen LogP contribution in [0.3, 0.4) is 0 Å². The van der Waals surface area contributed by atoms with Crippen LogP contribution < -0.4 is 0 Å². The first-order valence-electron chi connectivity index (χ1n) is 6.10. The largest absolute Gasteiger partial charge is 0.375 e. The molecule has 0 saturated heterocycles. The molecule has 2 nitrogen and oxygen atoms in total. The lowest BCUT2D eigenvalue weighted by Crippen LogP contribution is -2.33. The van der Waals surface area contributed by atoms with E-state index in [1.165, 1.54) is 18.4 Å². The molecule has 0 aromatic carbocycles. The molecule has 0 radical (unpaired) electrons. The van der Waals surface area contributed by atoms with E-state index in [1.54, 1.807) is 0 Å². The van der Waals surface area contributed by atoms with Crippen molar-refractivity contribution in [2.24, 2.45) is 0 Å². The van der Waals surface area contributed by atoms with Gasteiger partial charge in [0.25, 0.3) is 0 Å². The van der Waals surface area contributed by atoms with Crippen molar-refractivity contribution in [1.29, 1.82) is 0 Å². The second kappa shape index (κ2) is 8.01. The van der Waals surface area contributed by atoms with Crippen LogP contribution in [0.15, 0.2) is 21.8 Å². The van der Waals surface area contributed by atoms with E-state index in [9.17, 15) is 0 Å². The Balaban J connectivity index is 1.72. The fraction of sp³-hybridized carbons (Fsp3) is 0.615. The third kappa shape index (κ3) is 4.72. The summed E-state index contributed by atoms with van der Waals surface area (Å²) >= 11 is 2.22. The molecule has 96 valence electrons. The molecule has 17 heavy (non-hydrogen) atoms. The van der Waals surface area contributed by atoms with Crippen molar-refractivity contribution in [3.05, 3.63) is 21.8 Å². The maximum Gasteiger partial charge on any atom is 0.110 e. The van der Waals surface area contributed by atoms with Crippen molar-refractivity contribution < 1.29 is 7.80 Å². The summed E-state index contributed by atoms with van der Waals surface area (Å²) in [7, 11) is 0. The number of ether oxygens (including phenoxy) is 1. The molecule has 2 rings (SSSR count). The van der Waals surface area contributed by atoms with Crippen molar-refractivity contribution in [2.75, 3.05) is 6.61 Å². The molecule has 1 heterocycles. The van der Waals surface area contributed by atoms with Crippen LogP contribution in [0.25, 0.3) is 0 Å². The summed E-state index contributed by atoms with van der Waals surface area (Å²) in [6.07, 6.45) is 11.0. The molecule has 1 aliphatic heterocycles. The van der Waals surface area contributed by atoms with E-state index in [0.717, 1.165) is 25.9 Å². The molecule has 0 N–H and O–H groups in total. The second-order valence-corrected chi connectivity index (χ2v) is 7.02. The predicted molar refractivity (Wildman–Crippen MR) is 89.0 cm³/mol. The average molecular weight is 460 g/mol. The zero-order chi connectivity index (χ0) is 11.9. The van der Waals surface area contributed by atoms with Gasteiger partial charge in [0.1, 0.15) is 23.0 Å². The molecule has 0 bridgehead atoms. The molecule has 1 fully saturated rings. The SMILES string of the molecule is IO[C@H]1CCCC[C@H]1OCCC1=CC=IC=C1. The predicted octanol–water partition coefficient (Wildman–Crippen LogP) is 4.30. The zero-order valence-electron chi connectivity index (χ0n) is 9.78. The second-order valence-electron chi connectivity index (χ2n) is 4.36. The summed E-state index contributed by atoms with van der Waals surface area (Å²) in [6.45, 7) is 0.823. The molecule has 0 unspecified atom stereocenters. The first kappa shape index (κ1) is 14.1. The number of halogens is 2. The van der Waals surface area contributed by atoms with Crippen LogP contribution in [0.1, 0.15) is 32.1 Å². The molecule has 0 spiro atoms. The minimum Gasteiger partial charge on any atom is -0.375 e. The van der Waals surface area contributed by atoms with E-state index in [-0.39, 0.29) is 20.7 Å². The van der Waals surface area contributed by atoms with Crippen molar-refractivity contribution in [1.82, 2.24) is 0 Å². The topological polar surface area (TPSA) is 18.5 Å². The normalized spacial score (nSPS) is 28.6. The Morgan fingerprint density at radius 1 is 1.29 bits per heavy atom. The van der Waals surface area contributed by atoms with E-state index < -0.39 is 0 Å². The van der Waals surface area contributed by atoms with Crippen LogP contribution in [0.5, 0.6) is 0 Å². The monoisotopic (exact) mass is 460 g/mol. The van der Waals surface area contributed by atoms with Gasteiger partial charge in [-0.3, -0.25) is 0 Å². The van der Waals surface area contributed by atoms with E-state index in [2.05, 4.69) is 20.2 Å². The Kier molecular flexibility index (Phi) is 6.67. The molecule has 1 saturated carbocycles. The van der Waals surface area contributed by atoms with Crippen LogP contribution in [-0.4, -0.2) is 22.8 Å². The Morgan fingerprint density at radius 3 is 2.82 bits per heavy atom. The van der Waals surface area contributed by atoms with Crippen LogP contribution in [0.4, 0.5) is 0 Å². The first-order valence-corrected chi connectivity index (χ1v) is 9.47. The molecule has 1 aliphatic carbocycles. The summed E-state index contributed by atoms with van der Waals surface area (Å²) in [5, 5.41) is 0.